The molecule has 0 aliphatic carbocycles. The van der Waals surface area contributed by atoms with Gasteiger partial charge < -0.3 is 25.0 Å². The first-order valence-electron chi connectivity index (χ1n) is 11.3. The minimum absolute atomic E-state index is 0.0120. The average Bonchev–Trinajstić information content (AvgIpc) is 2.93. The highest BCUT2D eigenvalue weighted by Gasteiger charge is 2.24. The highest BCUT2D eigenvalue weighted by molar-refractivity contribution is 5.95. The van der Waals surface area contributed by atoms with Crippen LogP contribution in [0.1, 0.15) is 48.7 Å². The van der Waals surface area contributed by atoms with Crippen molar-refractivity contribution in [1.82, 2.24) is 10.2 Å². The Morgan fingerprint density at radius 3 is 2.47 bits per heavy atom. The first kappa shape index (κ1) is 30.7. The fourth-order valence-electron chi connectivity index (χ4n) is 3.49. The van der Waals surface area contributed by atoms with Gasteiger partial charge in [-0.2, -0.15) is 0 Å². The van der Waals surface area contributed by atoms with Crippen molar-refractivity contribution in [3.05, 3.63) is 79.6 Å². The molecule has 1 aromatic rings. The van der Waals surface area contributed by atoms with Gasteiger partial charge in [0, 0.05) is 31.5 Å². The highest BCUT2D eigenvalue weighted by atomic mass is 16.5. The number of ether oxygens (including phenoxy) is 2. The van der Waals surface area contributed by atoms with Crippen LogP contribution >= 0.6 is 0 Å². The predicted molar refractivity (Wildman–Crippen MR) is 141 cm³/mol. The quantitative estimate of drug-likeness (QED) is 0.321. The minimum Gasteiger partial charge on any atom is -0.499 e. The molecule has 0 fully saturated rings. The number of allylic oxidation sites excluding steroid dienone is 1. The van der Waals surface area contributed by atoms with Gasteiger partial charge in [0.25, 0.3) is 5.91 Å². The number of hydrogen-bond donors (Lipinski definition) is 2. The number of carbonyl (C=O) groups is 2. The molecule has 0 aromatic heterocycles. The van der Waals surface area contributed by atoms with Gasteiger partial charge in [0.1, 0.15) is 5.76 Å². The highest BCUT2D eigenvalue weighted by Crippen LogP contribution is 2.32. The Morgan fingerprint density at radius 2 is 1.97 bits per heavy atom. The van der Waals surface area contributed by atoms with E-state index >= 15 is 0 Å². The van der Waals surface area contributed by atoms with E-state index in [1.807, 2.05) is 32.1 Å². The summed E-state index contributed by atoms with van der Waals surface area (Å²) in [5.41, 5.74) is 2.37. The van der Waals surface area contributed by atoms with Gasteiger partial charge in [0.15, 0.2) is 0 Å². The van der Waals surface area contributed by atoms with Crippen molar-refractivity contribution < 1.29 is 19.1 Å². The standard InChI is InChI=1S/C21H29N3O3.C4H8O.C2H4/c1-5-11-22-21(26)16-9-10-18-17(13-16)15(3)24(14-25)12-7-8-19(23-18)20(6-2)27-4;1-3-4-5-2;1-2/h5-6,9-10,13-15,19,23H,1,7-8,11-12H2,2-4H3,(H,22,26);3H,1,4H2,2H3;1-2H2/b20-6-;;. The normalized spacial score (nSPS) is 17.3. The lowest BCUT2D eigenvalue weighted by atomic mass is 10.0. The zero-order chi connectivity index (χ0) is 25.9. The van der Waals surface area contributed by atoms with Gasteiger partial charge in [-0.3, -0.25) is 9.59 Å². The van der Waals surface area contributed by atoms with E-state index in [0.717, 1.165) is 36.3 Å². The van der Waals surface area contributed by atoms with Crippen molar-refractivity contribution in [2.24, 2.45) is 0 Å². The van der Waals surface area contributed by atoms with Crippen LogP contribution in [0.15, 0.2) is 68.5 Å². The number of carbonyl (C=O) groups excluding carboxylic acids is 2. The molecule has 0 saturated heterocycles. The number of nitrogens with one attached hydrogen (secondary N) is 2. The van der Waals surface area contributed by atoms with Crippen molar-refractivity contribution in [2.45, 2.75) is 38.8 Å². The summed E-state index contributed by atoms with van der Waals surface area (Å²) in [5.74, 6) is 0.700. The molecular weight excluding hydrogens is 430 g/mol. The largest absolute Gasteiger partial charge is 0.499 e. The molecule has 2 N–H and O–H groups in total. The van der Waals surface area contributed by atoms with Gasteiger partial charge >= 0.3 is 0 Å². The topological polar surface area (TPSA) is 79.9 Å². The summed E-state index contributed by atoms with van der Waals surface area (Å²) >= 11 is 0. The second-order valence-corrected chi connectivity index (χ2v) is 7.30. The van der Waals surface area contributed by atoms with Crippen molar-refractivity contribution in [3.8, 4) is 0 Å². The molecule has 1 aliphatic rings. The number of methoxy groups -OCH3 is 2. The van der Waals surface area contributed by atoms with E-state index < -0.39 is 0 Å². The third-order valence-corrected chi connectivity index (χ3v) is 5.19. The first-order valence-corrected chi connectivity index (χ1v) is 11.3. The predicted octanol–water partition coefficient (Wildman–Crippen LogP) is 4.87. The summed E-state index contributed by atoms with van der Waals surface area (Å²) in [5, 5.41) is 6.33. The van der Waals surface area contributed by atoms with Crippen LogP contribution in [0.25, 0.3) is 0 Å². The van der Waals surface area contributed by atoms with E-state index in [-0.39, 0.29) is 18.0 Å². The Kier molecular flexibility index (Phi) is 16.4. The van der Waals surface area contributed by atoms with E-state index in [9.17, 15) is 9.59 Å². The smallest absolute Gasteiger partial charge is 0.251 e. The van der Waals surface area contributed by atoms with Crippen LogP contribution in [0.4, 0.5) is 5.69 Å². The lowest BCUT2D eigenvalue weighted by Crippen LogP contribution is -2.27. The van der Waals surface area contributed by atoms with E-state index in [1.165, 1.54) is 0 Å². The fraction of sp³-hybridized carbons (Fsp3) is 0.407. The van der Waals surface area contributed by atoms with Crippen molar-refractivity contribution in [1.29, 1.82) is 0 Å². The van der Waals surface area contributed by atoms with Crippen LogP contribution in [0.5, 0.6) is 0 Å². The summed E-state index contributed by atoms with van der Waals surface area (Å²) in [4.78, 5) is 25.7. The molecule has 2 atom stereocenters. The molecule has 1 heterocycles. The molecule has 0 saturated carbocycles. The summed E-state index contributed by atoms with van der Waals surface area (Å²) in [6.07, 6.45) is 7.87. The number of anilines is 1. The lowest BCUT2D eigenvalue weighted by Gasteiger charge is -2.27. The summed E-state index contributed by atoms with van der Waals surface area (Å²) in [6.45, 7) is 18.7. The average molecular weight is 472 g/mol. The third-order valence-electron chi connectivity index (χ3n) is 5.19. The maximum Gasteiger partial charge on any atom is 0.251 e. The van der Waals surface area contributed by atoms with Crippen LogP contribution in [0.2, 0.25) is 0 Å². The third kappa shape index (κ3) is 9.67. The van der Waals surface area contributed by atoms with Crippen molar-refractivity contribution in [3.63, 3.8) is 0 Å². The number of amides is 2. The Bertz CT molecular complexity index is 807. The molecule has 7 heteroatoms. The van der Waals surface area contributed by atoms with Gasteiger partial charge in [0.2, 0.25) is 6.41 Å². The fourth-order valence-corrected chi connectivity index (χ4v) is 3.49. The molecule has 2 rings (SSSR count). The molecule has 0 radical (unpaired) electrons. The molecule has 188 valence electrons. The Labute approximate surface area is 205 Å². The number of nitrogens with zero attached hydrogens (tertiary/aromatic N) is 1. The number of hydrogen-bond acceptors (Lipinski definition) is 5. The molecule has 2 amide bonds. The van der Waals surface area contributed by atoms with E-state index in [1.54, 1.807) is 37.3 Å². The van der Waals surface area contributed by atoms with E-state index in [0.29, 0.717) is 25.3 Å². The molecule has 1 aromatic carbocycles. The van der Waals surface area contributed by atoms with Gasteiger partial charge in [0.05, 0.1) is 25.8 Å². The Balaban J connectivity index is 0.00000138. The molecule has 2 unspecified atom stereocenters. The van der Waals surface area contributed by atoms with Gasteiger partial charge in [-0.05, 0) is 56.5 Å². The van der Waals surface area contributed by atoms with Crippen molar-refractivity contribution in [2.75, 3.05) is 39.2 Å². The van der Waals surface area contributed by atoms with Crippen LogP contribution in [-0.4, -0.2) is 57.2 Å². The maximum atomic E-state index is 12.3. The van der Waals surface area contributed by atoms with Crippen LogP contribution in [0.3, 0.4) is 0 Å². The summed E-state index contributed by atoms with van der Waals surface area (Å²) < 4.78 is 10.1. The summed E-state index contributed by atoms with van der Waals surface area (Å²) in [7, 11) is 3.31. The van der Waals surface area contributed by atoms with Gasteiger partial charge in [-0.25, -0.2) is 0 Å². The molecule has 34 heavy (non-hydrogen) atoms. The van der Waals surface area contributed by atoms with E-state index in [2.05, 4.69) is 41.7 Å². The Hall–Kier alpha value is -3.32. The zero-order valence-electron chi connectivity index (χ0n) is 21.1. The molecule has 0 bridgehead atoms. The van der Waals surface area contributed by atoms with Crippen LogP contribution < -0.4 is 10.6 Å². The molecule has 0 spiro atoms. The maximum absolute atomic E-state index is 12.3. The summed E-state index contributed by atoms with van der Waals surface area (Å²) in [6, 6.07) is 5.41. The van der Waals surface area contributed by atoms with Gasteiger partial charge in [-0.15, -0.1) is 26.3 Å². The molecule has 7 nitrogen and oxygen atoms in total. The van der Waals surface area contributed by atoms with Crippen molar-refractivity contribution >= 4 is 18.0 Å². The van der Waals surface area contributed by atoms with Crippen LogP contribution in [0, 0.1) is 0 Å². The number of rotatable bonds is 8. The second-order valence-electron chi connectivity index (χ2n) is 7.30. The van der Waals surface area contributed by atoms with Crippen LogP contribution in [-0.2, 0) is 14.3 Å². The second kappa shape index (κ2) is 18.1. The first-order chi connectivity index (χ1) is 16.5. The van der Waals surface area contributed by atoms with E-state index in [4.69, 9.17) is 4.74 Å². The lowest BCUT2D eigenvalue weighted by molar-refractivity contribution is -0.120. The molecule has 1 aliphatic heterocycles. The number of fused-ring (bicyclic) bond motifs is 1. The SMILES string of the molecule is C=C.C=CCNC(=O)c1ccc2c(c1)C(C)N(C=O)CCCC(/C(=C/C)OC)N2.C=CCOC. The molecular formula is C27H41N3O4. The number of benzene rings is 1. The van der Waals surface area contributed by atoms with Gasteiger partial charge in [-0.1, -0.05) is 12.2 Å². The zero-order valence-corrected chi connectivity index (χ0v) is 21.1. The monoisotopic (exact) mass is 471 g/mol. The Morgan fingerprint density at radius 1 is 1.26 bits per heavy atom. The minimum atomic E-state index is -0.162.